The van der Waals surface area contributed by atoms with Gasteiger partial charge < -0.3 is 0 Å². The molecule has 0 aliphatic carbocycles. The topological polar surface area (TPSA) is 6.48 Å². The molecule has 3 saturated heterocycles. The Kier molecular flexibility index (Phi) is 1.37. The van der Waals surface area contributed by atoms with Crippen LogP contribution in [-0.4, -0.2) is 48.1 Å². The van der Waals surface area contributed by atoms with Crippen molar-refractivity contribution in [2.24, 2.45) is 0 Å². The van der Waals surface area contributed by atoms with E-state index in [2.05, 4.69) is 23.9 Å². The van der Waals surface area contributed by atoms with Crippen LogP contribution in [-0.2, 0) is 0 Å². The smallest absolute Gasteiger partial charge is 0.0252 e. The van der Waals surface area contributed by atoms with E-state index in [1.165, 1.54) is 25.7 Å². The zero-order valence-corrected chi connectivity index (χ0v) is 8.03. The number of likely N-dealkylation sites (N-methyl/N-ethyl adjacent to an activating group) is 2. The van der Waals surface area contributed by atoms with Gasteiger partial charge in [0.2, 0.25) is 0 Å². The molecule has 0 radical (unpaired) electrons. The Balaban J connectivity index is 1.99. The second-order valence-corrected chi connectivity index (χ2v) is 4.76. The molecule has 3 heterocycles. The molecule has 12 heavy (non-hydrogen) atoms. The molecule has 4 unspecified atom stereocenters. The summed E-state index contributed by atoms with van der Waals surface area (Å²) in [5.74, 6) is 0. The first-order valence-electron chi connectivity index (χ1n) is 5.23. The SMILES string of the molecule is CN1C2CCC1C1CCC2N1C. The summed E-state index contributed by atoms with van der Waals surface area (Å²) in [6.07, 6.45) is 5.80. The van der Waals surface area contributed by atoms with Crippen LogP contribution in [0.2, 0.25) is 0 Å². The zero-order valence-electron chi connectivity index (χ0n) is 8.03. The molecule has 0 aromatic rings. The highest BCUT2D eigenvalue weighted by atomic mass is 15.4. The van der Waals surface area contributed by atoms with E-state index >= 15 is 0 Å². The van der Waals surface area contributed by atoms with E-state index in [1.54, 1.807) is 0 Å². The Bertz CT molecular complexity index is 162. The minimum atomic E-state index is 0.888. The van der Waals surface area contributed by atoms with Crippen LogP contribution >= 0.6 is 0 Å². The number of hydrogen-bond donors (Lipinski definition) is 0. The molecule has 3 rings (SSSR count). The third-order valence-electron chi connectivity index (χ3n) is 4.50. The molecule has 0 N–H and O–H groups in total. The predicted molar refractivity (Wildman–Crippen MR) is 49.1 cm³/mol. The van der Waals surface area contributed by atoms with Gasteiger partial charge in [-0.05, 0) is 39.8 Å². The lowest BCUT2D eigenvalue weighted by molar-refractivity contribution is 0.0431. The van der Waals surface area contributed by atoms with Crippen molar-refractivity contribution in [3.8, 4) is 0 Å². The summed E-state index contributed by atoms with van der Waals surface area (Å²) in [6, 6.07) is 3.55. The van der Waals surface area contributed by atoms with Crippen molar-refractivity contribution in [2.75, 3.05) is 14.1 Å². The van der Waals surface area contributed by atoms with Crippen LogP contribution in [0.3, 0.4) is 0 Å². The van der Waals surface area contributed by atoms with Gasteiger partial charge in [0.05, 0.1) is 0 Å². The fourth-order valence-electron chi connectivity index (χ4n) is 3.84. The lowest BCUT2D eigenvalue weighted by Crippen LogP contribution is -2.57. The highest BCUT2D eigenvalue weighted by Crippen LogP contribution is 2.43. The van der Waals surface area contributed by atoms with E-state index < -0.39 is 0 Å². The molecule has 0 amide bonds. The van der Waals surface area contributed by atoms with Gasteiger partial charge in [-0.1, -0.05) is 0 Å². The Morgan fingerprint density at radius 2 is 0.917 bits per heavy atom. The van der Waals surface area contributed by atoms with Gasteiger partial charge >= 0.3 is 0 Å². The molecule has 4 atom stereocenters. The van der Waals surface area contributed by atoms with E-state index in [1.807, 2.05) is 0 Å². The normalized spacial score (nSPS) is 53.5. The standard InChI is InChI=1S/C10H18N2/c1-11-7-3-4-8(11)10-6-5-9(7)12(10)2/h7-10H,3-6H2,1-2H3. The molecule has 3 aliphatic heterocycles. The molecular weight excluding hydrogens is 148 g/mol. The number of fused-ring (bicyclic) bond motifs is 6. The first kappa shape index (κ1) is 7.34. The van der Waals surface area contributed by atoms with Crippen LogP contribution in [0.1, 0.15) is 25.7 Å². The molecule has 3 fully saturated rings. The minimum Gasteiger partial charge on any atom is -0.297 e. The molecule has 4 bridgehead atoms. The van der Waals surface area contributed by atoms with Gasteiger partial charge in [0.1, 0.15) is 0 Å². The fraction of sp³-hybridized carbons (Fsp3) is 1.00. The van der Waals surface area contributed by atoms with Crippen LogP contribution in [0.25, 0.3) is 0 Å². The lowest BCUT2D eigenvalue weighted by atomic mass is 10.0. The first-order chi connectivity index (χ1) is 5.79. The van der Waals surface area contributed by atoms with Crippen LogP contribution in [0.5, 0.6) is 0 Å². The third kappa shape index (κ3) is 0.686. The number of rotatable bonds is 0. The van der Waals surface area contributed by atoms with Gasteiger partial charge in [0, 0.05) is 24.2 Å². The first-order valence-corrected chi connectivity index (χ1v) is 5.23. The van der Waals surface area contributed by atoms with Crippen molar-refractivity contribution in [1.29, 1.82) is 0 Å². The van der Waals surface area contributed by atoms with E-state index in [0.717, 1.165) is 24.2 Å². The lowest BCUT2D eigenvalue weighted by Gasteiger charge is -2.43. The van der Waals surface area contributed by atoms with Crippen LogP contribution in [0.15, 0.2) is 0 Å². The quantitative estimate of drug-likeness (QED) is 0.528. The predicted octanol–water partition coefficient (Wildman–Crippen LogP) is 0.926. The van der Waals surface area contributed by atoms with Gasteiger partial charge in [-0.2, -0.15) is 0 Å². The summed E-state index contributed by atoms with van der Waals surface area (Å²) in [6.45, 7) is 0. The maximum Gasteiger partial charge on any atom is 0.0252 e. The second kappa shape index (κ2) is 2.24. The number of nitrogens with zero attached hydrogens (tertiary/aromatic N) is 2. The summed E-state index contributed by atoms with van der Waals surface area (Å²) in [4.78, 5) is 5.31. The third-order valence-corrected chi connectivity index (χ3v) is 4.50. The minimum absolute atomic E-state index is 0.888. The van der Waals surface area contributed by atoms with Gasteiger partial charge in [-0.3, -0.25) is 9.80 Å². The van der Waals surface area contributed by atoms with Gasteiger partial charge in [-0.15, -0.1) is 0 Å². The fourth-order valence-corrected chi connectivity index (χ4v) is 3.84. The molecule has 0 aromatic carbocycles. The molecular formula is C10H18N2. The molecule has 68 valence electrons. The number of hydrogen-bond acceptors (Lipinski definition) is 2. The monoisotopic (exact) mass is 166 g/mol. The molecule has 0 spiro atoms. The summed E-state index contributed by atoms with van der Waals surface area (Å²) in [5.41, 5.74) is 0. The summed E-state index contributed by atoms with van der Waals surface area (Å²) < 4.78 is 0. The largest absolute Gasteiger partial charge is 0.297 e. The van der Waals surface area contributed by atoms with Crippen molar-refractivity contribution in [3.63, 3.8) is 0 Å². The number of piperazine rings is 1. The van der Waals surface area contributed by atoms with Crippen LogP contribution in [0.4, 0.5) is 0 Å². The molecule has 2 nitrogen and oxygen atoms in total. The van der Waals surface area contributed by atoms with E-state index in [9.17, 15) is 0 Å². The van der Waals surface area contributed by atoms with E-state index in [0.29, 0.717) is 0 Å². The summed E-state index contributed by atoms with van der Waals surface area (Å²) in [5, 5.41) is 0. The molecule has 0 aromatic heterocycles. The Hall–Kier alpha value is -0.0800. The van der Waals surface area contributed by atoms with Crippen molar-refractivity contribution < 1.29 is 0 Å². The highest BCUT2D eigenvalue weighted by Gasteiger charge is 2.51. The van der Waals surface area contributed by atoms with Gasteiger partial charge in [0.25, 0.3) is 0 Å². The van der Waals surface area contributed by atoms with Crippen molar-refractivity contribution in [1.82, 2.24) is 9.80 Å². The Morgan fingerprint density at radius 1 is 0.667 bits per heavy atom. The Labute approximate surface area is 74.5 Å². The Morgan fingerprint density at radius 3 is 1.17 bits per heavy atom. The molecule has 0 saturated carbocycles. The summed E-state index contributed by atoms with van der Waals surface area (Å²) >= 11 is 0. The van der Waals surface area contributed by atoms with Gasteiger partial charge in [0.15, 0.2) is 0 Å². The van der Waals surface area contributed by atoms with Crippen molar-refractivity contribution >= 4 is 0 Å². The second-order valence-electron chi connectivity index (χ2n) is 4.76. The van der Waals surface area contributed by atoms with E-state index in [-0.39, 0.29) is 0 Å². The maximum absolute atomic E-state index is 2.66. The van der Waals surface area contributed by atoms with Crippen LogP contribution in [0, 0.1) is 0 Å². The molecule has 2 heteroatoms. The van der Waals surface area contributed by atoms with Gasteiger partial charge in [-0.25, -0.2) is 0 Å². The zero-order chi connectivity index (χ0) is 8.29. The van der Waals surface area contributed by atoms with Crippen molar-refractivity contribution in [3.05, 3.63) is 0 Å². The summed E-state index contributed by atoms with van der Waals surface area (Å²) in [7, 11) is 4.67. The average molecular weight is 166 g/mol. The maximum atomic E-state index is 2.66. The van der Waals surface area contributed by atoms with Crippen molar-refractivity contribution in [2.45, 2.75) is 49.9 Å². The highest BCUT2D eigenvalue weighted by molar-refractivity contribution is 5.09. The van der Waals surface area contributed by atoms with E-state index in [4.69, 9.17) is 0 Å². The molecule has 3 aliphatic rings. The average Bonchev–Trinajstić information content (AvgIpc) is 2.41. The van der Waals surface area contributed by atoms with Crippen LogP contribution < -0.4 is 0 Å².